The van der Waals surface area contributed by atoms with Crippen LogP contribution >= 0.6 is 23.4 Å². The zero-order chi connectivity index (χ0) is 26.3. The van der Waals surface area contributed by atoms with Gasteiger partial charge < -0.3 is 34.0 Å². The number of halogens is 1. The molecule has 1 N–H and O–H groups in total. The van der Waals surface area contributed by atoms with E-state index >= 15 is 0 Å². The Labute approximate surface area is 211 Å². The lowest BCUT2D eigenvalue weighted by molar-refractivity contribution is -0.185. The van der Waals surface area contributed by atoms with Gasteiger partial charge in [0.05, 0.1) is 18.6 Å². The Morgan fingerprint density at radius 2 is 1.89 bits per heavy atom. The van der Waals surface area contributed by atoms with Gasteiger partial charge in [-0.1, -0.05) is 5.16 Å². The van der Waals surface area contributed by atoms with Crippen molar-refractivity contribution in [3.63, 3.8) is 0 Å². The number of ether oxygens (including phenoxy) is 4. The Kier molecular flexibility index (Phi) is 10.2. The Morgan fingerprint density at radius 1 is 1.20 bits per heavy atom. The highest BCUT2D eigenvalue weighted by molar-refractivity contribution is 8.00. The van der Waals surface area contributed by atoms with E-state index in [1.54, 1.807) is 13.8 Å². The van der Waals surface area contributed by atoms with Gasteiger partial charge in [-0.2, -0.15) is 0 Å². The van der Waals surface area contributed by atoms with Crippen LogP contribution in [0.1, 0.15) is 20.8 Å². The van der Waals surface area contributed by atoms with Gasteiger partial charge in [0.1, 0.15) is 23.9 Å². The number of carbonyl (C=O) groups is 5. The molecule has 2 amide bonds. The normalized spacial score (nSPS) is 24.6. The van der Waals surface area contributed by atoms with Gasteiger partial charge in [0, 0.05) is 26.3 Å². The predicted molar refractivity (Wildman–Crippen MR) is 123 cm³/mol. The molecular formula is C20H28ClN3O10S. The highest BCUT2D eigenvalue weighted by Crippen LogP contribution is 2.43. The number of hydrogen-bond acceptors (Lipinski definition) is 12. The maximum atomic E-state index is 13.0. The van der Waals surface area contributed by atoms with Crippen molar-refractivity contribution in [3.05, 3.63) is 0 Å². The summed E-state index contributed by atoms with van der Waals surface area (Å²) in [6.45, 7) is 4.53. The second-order valence-electron chi connectivity index (χ2n) is 8.02. The minimum Gasteiger partial charge on any atom is -0.431 e. The molecule has 15 heteroatoms. The molecule has 3 unspecified atom stereocenters. The molecule has 2 heterocycles. The van der Waals surface area contributed by atoms with Gasteiger partial charge in [0.15, 0.2) is 0 Å². The summed E-state index contributed by atoms with van der Waals surface area (Å²) in [5.74, 6) is -3.16. The second-order valence-corrected chi connectivity index (χ2v) is 9.39. The largest absolute Gasteiger partial charge is 0.511 e. The molecule has 0 bridgehead atoms. The first kappa shape index (κ1) is 28.7. The maximum absolute atomic E-state index is 13.0. The molecule has 0 aliphatic carbocycles. The van der Waals surface area contributed by atoms with E-state index in [2.05, 4.69) is 15.3 Å². The van der Waals surface area contributed by atoms with E-state index in [9.17, 15) is 24.0 Å². The number of oxime groups is 1. The SMILES string of the molecule is COCC1(C(=O)OC(C)OC(=O)OC(C)C)CS[C@@H]2C(NC(=O)C(=NOC)C(=O)CCl)C(=O)N2C1. The van der Waals surface area contributed by atoms with Crippen molar-refractivity contribution in [2.24, 2.45) is 10.6 Å². The number of fused-ring (bicyclic) bond motifs is 1. The average Bonchev–Trinajstić information content (AvgIpc) is 2.79. The number of hydrogen-bond donors (Lipinski definition) is 1. The van der Waals surface area contributed by atoms with Crippen molar-refractivity contribution >= 4 is 58.8 Å². The van der Waals surface area contributed by atoms with Crippen molar-refractivity contribution in [3.8, 4) is 0 Å². The van der Waals surface area contributed by atoms with Crippen LogP contribution < -0.4 is 5.32 Å². The molecule has 13 nitrogen and oxygen atoms in total. The number of amides is 2. The van der Waals surface area contributed by atoms with E-state index < -0.39 is 70.5 Å². The highest BCUT2D eigenvalue weighted by Gasteiger charge is 2.58. The molecule has 196 valence electrons. The molecule has 2 aliphatic heterocycles. The molecule has 0 spiro atoms. The van der Waals surface area contributed by atoms with Crippen LogP contribution in [0.25, 0.3) is 0 Å². The van der Waals surface area contributed by atoms with Crippen LogP contribution in [-0.2, 0) is 43.0 Å². The Balaban J connectivity index is 2.05. The smallest absolute Gasteiger partial charge is 0.431 e. The number of alkyl halides is 1. The molecule has 0 aromatic carbocycles. The fourth-order valence-electron chi connectivity index (χ4n) is 3.41. The number of nitrogens with one attached hydrogen (secondary N) is 1. The third-order valence-corrected chi connectivity index (χ3v) is 6.77. The lowest BCUT2D eigenvalue weighted by Crippen LogP contribution is -2.74. The lowest BCUT2D eigenvalue weighted by Gasteiger charge is -2.53. The number of thioether (sulfide) groups is 1. The highest BCUT2D eigenvalue weighted by atomic mass is 35.5. The maximum Gasteiger partial charge on any atom is 0.511 e. The Hall–Kier alpha value is -2.58. The van der Waals surface area contributed by atoms with Crippen LogP contribution in [0.4, 0.5) is 4.79 Å². The molecule has 35 heavy (non-hydrogen) atoms. The molecule has 2 aliphatic rings. The first-order valence-electron chi connectivity index (χ1n) is 10.5. The van der Waals surface area contributed by atoms with Crippen LogP contribution in [0.3, 0.4) is 0 Å². The minimum absolute atomic E-state index is 0.0503. The zero-order valence-corrected chi connectivity index (χ0v) is 21.5. The van der Waals surface area contributed by atoms with Crippen molar-refractivity contribution in [1.29, 1.82) is 0 Å². The van der Waals surface area contributed by atoms with Gasteiger partial charge in [-0.05, 0) is 13.8 Å². The Morgan fingerprint density at radius 3 is 2.46 bits per heavy atom. The average molecular weight is 538 g/mol. The number of carbonyl (C=O) groups excluding carboxylic acids is 5. The van der Waals surface area contributed by atoms with Crippen molar-refractivity contribution in [1.82, 2.24) is 10.2 Å². The standard InChI is InChI=1S/C20H28ClN3O10S/c1-10(2)32-19(29)34-11(3)33-18(28)20(8-30-4)7-24-16(27)14(17(24)35-9-20)22-15(26)13(23-31-5)12(25)6-21/h10-11,14,17H,6-9H2,1-5H3,(H,22,26)/t11?,14?,17-,20?/m1/s1. The number of rotatable bonds is 11. The molecule has 2 rings (SSSR count). The summed E-state index contributed by atoms with van der Waals surface area (Å²) in [6.07, 6.45) is -2.63. The first-order valence-corrected chi connectivity index (χ1v) is 12.1. The summed E-state index contributed by atoms with van der Waals surface area (Å²) >= 11 is 6.72. The van der Waals surface area contributed by atoms with Crippen molar-refractivity contribution in [2.75, 3.05) is 39.0 Å². The third-order valence-electron chi connectivity index (χ3n) is 4.94. The van der Waals surface area contributed by atoms with Gasteiger partial charge in [0.2, 0.25) is 23.7 Å². The first-order chi connectivity index (χ1) is 16.5. The van der Waals surface area contributed by atoms with Gasteiger partial charge in [-0.3, -0.25) is 19.2 Å². The van der Waals surface area contributed by atoms with Crippen LogP contribution in [0, 0.1) is 5.41 Å². The van der Waals surface area contributed by atoms with Gasteiger partial charge in [-0.15, -0.1) is 23.4 Å². The molecule has 0 aromatic heterocycles. The van der Waals surface area contributed by atoms with E-state index in [4.69, 9.17) is 30.5 Å². The molecule has 2 saturated heterocycles. The van der Waals surface area contributed by atoms with E-state index in [1.165, 1.54) is 30.7 Å². The number of esters is 1. The van der Waals surface area contributed by atoms with Crippen LogP contribution in [-0.4, -0.2) is 103 Å². The number of methoxy groups -OCH3 is 1. The summed E-state index contributed by atoms with van der Waals surface area (Å²) in [4.78, 5) is 67.6. The van der Waals surface area contributed by atoms with Crippen LogP contribution in [0.2, 0.25) is 0 Å². The monoisotopic (exact) mass is 537 g/mol. The van der Waals surface area contributed by atoms with Crippen LogP contribution in [0.15, 0.2) is 5.16 Å². The van der Waals surface area contributed by atoms with Gasteiger partial charge in [-0.25, -0.2) is 4.79 Å². The summed E-state index contributed by atoms with van der Waals surface area (Å²) in [7, 11) is 2.56. The third kappa shape index (κ3) is 6.76. The van der Waals surface area contributed by atoms with E-state index in [0.29, 0.717) is 0 Å². The molecule has 4 atom stereocenters. The van der Waals surface area contributed by atoms with E-state index in [1.807, 2.05) is 0 Å². The number of nitrogens with zero attached hydrogens (tertiary/aromatic N) is 2. The second kappa shape index (κ2) is 12.4. The number of Topliss-reactive ketones (excluding diaryl/α,β-unsaturated/α-hetero) is 1. The molecule has 0 aromatic rings. The number of ketones is 1. The minimum atomic E-state index is -1.24. The van der Waals surface area contributed by atoms with E-state index in [0.717, 1.165) is 7.11 Å². The summed E-state index contributed by atoms with van der Waals surface area (Å²) in [6, 6.07) is -0.942. The molecular weight excluding hydrogens is 510 g/mol. The molecule has 2 fully saturated rings. The van der Waals surface area contributed by atoms with Crippen LogP contribution in [0.5, 0.6) is 0 Å². The number of β-lactam (4-membered cyclic amide) rings is 1. The lowest BCUT2D eigenvalue weighted by atomic mass is 9.88. The van der Waals surface area contributed by atoms with Gasteiger partial charge >= 0.3 is 12.1 Å². The quantitative estimate of drug-likeness (QED) is 0.0733. The summed E-state index contributed by atoms with van der Waals surface area (Å²) in [5, 5.41) is 5.36. The topological polar surface area (TPSA) is 159 Å². The van der Waals surface area contributed by atoms with Crippen molar-refractivity contribution in [2.45, 2.75) is 44.6 Å². The molecule has 0 radical (unpaired) electrons. The van der Waals surface area contributed by atoms with E-state index in [-0.39, 0.29) is 18.9 Å². The summed E-state index contributed by atoms with van der Waals surface area (Å²) < 4.78 is 20.3. The zero-order valence-electron chi connectivity index (χ0n) is 19.9. The van der Waals surface area contributed by atoms with Gasteiger partial charge in [0.25, 0.3) is 5.91 Å². The molecule has 0 saturated carbocycles. The fraction of sp³-hybridized carbons (Fsp3) is 0.700. The fourth-order valence-corrected chi connectivity index (χ4v) is 5.06. The van der Waals surface area contributed by atoms with Crippen molar-refractivity contribution < 1.29 is 47.8 Å². The predicted octanol–water partition coefficient (Wildman–Crippen LogP) is 0.280. The Bertz CT molecular complexity index is 885. The summed E-state index contributed by atoms with van der Waals surface area (Å²) in [5.41, 5.74) is -1.80.